The van der Waals surface area contributed by atoms with E-state index in [0.717, 1.165) is 32.1 Å². The standard InChI is InChI=1S/C17H31N3O3.HI/c1-13-11-20(12-15(13)16(21)22-3)17(18-2)19-9-6-10-23-14-7-4-5-8-14;/h13-15H,4-12H2,1-3H3,(H,18,19);1H. The SMILES string of the molecule is CN=C(NCCCOC1CCCC1)N1CC(C)C(C(=O)OC)C1.I. The van der Waals surface area contributed by atoms with Gasteiger partial charge in [0.2, 0.25) is 0 Å². The summed E-state index contributed by atoms with van der Waals surface area (Å²) in [4.78, 5) is 18.3. The van der Waals surface area contributed by atoms with Gasteiger partial charge in [0.15, 0.2) is 5.96 Å². The molecule has 2 atom stereocenters. The minimum Gasteiger partial charge on any atom is -0.469 e. The number of likely N-dealkylation sites (tertiary alicyclic amines) is 1. The Bertz CT molecular complexity index is 414. The highest BCUT2D eigenvalue weighted by atomic mass is 127. The second-order valence-electron chi connectivity index (χ2n) is 6.62. The Labute approximate surface area is 162 Å². The van der Waals surface area contributed by atoms with E-state index in [1.54, 1.807) is 7.05 Å². The summed E-state index contributed by atoms with van der Waals surface area (Å²) in [6, 6.07) is 0. The zero-order valence-corrected chi connectivity index (χ0v) is 17.5. The number of guanidine groups is 1. The normalized spacial score (nSPS) is 24.8. The van der Waals surface area contributed by atoms with Gasteiger partial charge in [-0.2, -0.15) is 0 Å². The third kappa shape index (κ3) is 6.06. The summed E-state index contributed by atoms with van der Waals surface area (Å²) >= 11 is 0. The molecule has 2 unspecified atom stereocenters. The molecule has 140 valence electrons. The highest BCUT2D eigenvalue weighted by Gasteiger charge is 2.36. The van der Waals surface area contributed by atoms with E-state index in [4.69, 9.17) is 9.47 Å². The van der Waals surface area contributed by atoms with Crippen LogP contribution in [0.3, 0.4) is 0 Å². The predicted octanol–water partition coefficient (Wildman–Crippen LogP) is 2.27. The van der Waals surface area contributed by atoms with Gasteiger partial charge in [-0.3, -0.25) is 9.79 Å². The van der Waals surface area contributed by atoms with Crippen LogP contribution in [0.25, 0.3) is 0 Å². The molecule has 0 spiro atoms. The Morgan fingerprint density at radius 1 is 1.29 bits per heavy atom. The van der Waals surface area contributed by atoms with Crippen LogP contribution in [0.4, 0.5) is 0 Å². The Hall–Kier alpha value is -0.570. The zero-order valence-electron chi connectivity index (χ0n) is 15.1. The molecule has 1 saturated carbocycles. The third-order valence-corrected chi connectivity index (χ3v) is 4.89. The van der Waals surface area contributed by atoms with E-state index in [-0.39, 0.29) is 41.8 Å². The number of methoxy groups -OCH3 is 1. The number of carbonyl (C=O) groups excluding carboxylic acids is 1. The molecular formula is C17H32IN3O3. The summed E-state index contributed by atoms with van der Waals surface area (Å²) in [7, 11) is 3.24. The molecule has 1 N–H and O–H groups in total. The fraction of sp³-hybridized carbons (Fsp3) is 0.882. The van der Waals surface area contributed by atoms with Crippen molar-refractivity contribution in [1.29, 1.82) is 0 Å². The number of nitrogens with zero attached hydrogens (tertiary/aromatic N) is 2. The minimum absolute atomic E-state index is 0. The molecule has 0 bridgehead atoms. The maximum absolute atomic E-state index is 11.8. The molecule has 2 fully saturated rings. The van der Waals surface area contributed by atoms with E-state index in [0.29, 0.717) is 12.6 Å². The molecular weight excluding hydrogens is 421 g/mol. The summed E-state index contributed by atoms with van der Waals surface area (Å²) in [6.45, 7) is 5.23. The fourth-order valence-corrected chi connectivity index (χ4v) is 3.51. The van der Waals surface area contributed by atoms with Crippen LogP contribution in [-0.4, -0.2) is 63.3 Å². The average molecular weight is 453 g/mol. The molecule has 1 aliphatic heterocycles. The molecule has 7 heteroatoms. The molecule has 0 aromatic rings. The number of hydrogen-bond acceptors (Lipinski definition) is 4. The lowest BCUT2D eigenvalue weighted by Gasteiger charge is -2.21. The van der Waals surface area contributed by atoms with Crippen LogP contribution >= 0.6 is 24.0 Å². The van der Waals surface area contributed by atoms with Gasteiger partial charge in [-0.1, -0.05) is 19.8 Å². The maximum Gasteiger partial charge on any atom is 0.310 e. The van der Waals surface area contributed by atoms with Crippen molar-refractivity contribution >= 4 is 35.9 Å². The summed E-state index contributed by atoms with van der Waals surface area (Å²) in [6.07, 6.45) is 6.51. The van der Waals surface area contributed by atoms with Gasteiger partial charge in [0.25, 0.3) is 0 Å². The highest BCUT2D eigenvalue weighted by molar-refractivity contribution is 14.0. The van der Waals surface area contributed by atoms with Crippen molar-refractivity contribution in [3.05, 3.63) is 0 Å². The molecule has 2 aliphatic rings. The minimum atomic E-state index is -0.125. The lowest BCUT2D eigenvalue weighted by atomic mass is 9.99. The summed E-state index contributed by atoms with van der Waals surface area (Å²) in [5.41, 5.74) is 0. The Kier molecular flexibility index (Phi) is 9.95. The quantitative estimate of drug-likeness (QED) is 0.220. The van der Waals surface area contributed by atoms with E-state index in [2.05, 4.69) is 22.1 Å². The summed E-state index contributed by atoms with van der Waals surface area (Å²) in [5, 5.41) is 3.38. The van der Waals surface area contributed by atoms with E-state index in [1.807, 2.05) is 0 Å². The first-order chi connectivity index (χ1) is 11.2. The van der Waals surface area contributed by atoms with Crippen LogP contribution in [0.2, 0.25) is 0 Å². The number of hydrogen-bond donors (Lipinski definition) is 1. The maximum atomic E-state index is 11.8. The molecule has 0 radical (unpaired) electrons. The van der Waals surface area contributed by atoms with Gasteiger partial charge >= 0.3 is 5.97 Å². The van der Waals surface area contributed by atoms with Gasteiger partial charge in [-0.05, 0) is 25.2 Å². The van der Waals surface area contributed by atoms with E-state index in [1.165, 1.54) is 32.8 Å². The molecule has 6 nitrogen and oxygen atoms in total. The van der Waals surface area contributed by atoms with Crippen LogP contribution < -0.4 is 5.32 Å². The van der Waals surface area contributed by atoms with Crippen molar-refractivity contribution in [2.24, 2.45) is 16.8 Å². The van der Waals surface area contributed by atoms with Crippen LogP contribution in [0, 0.1) is 11.8 Å². The van der Waals surface area contributed by atoms with Crippen LogP contribution in [0.15, 0.2) is 4.99 Å². The van der Waals surface area contributed by atoms with Crippen LogP contribution in [0.1, 0.15) is 39.0 Å². The van der Waals surface area contributed by atoms with Gasteiger partial charge in [-0.15, -0.1) is 24.0 Å². The molecule has 2 rings (SSSR count). The number of ether oxygens (including phenoxy) is 2. The largest absolute Gasteiger partial charge is 0.469 e. The smallest absolute Gasteiger partial charge is 0.310 e. The third-order valence-electron chi connectivity index (χ3n) is 4.89. The van der Waals surface area contributed by atoms with E-state index in [9.17, 15) is 4.79 Å². The highest BCUT2D eigenvalue weighted by Crippen LogP contribution is 2.24. The van der Waals surface area contributed by atoms with E-state index >= 15 is 0 Å². The van der Waals surface area contributed by atoms with Crippen molar-refractivity contribution in [3.63, 3.8) is 0 Å². The van der Waals surface area contributed by atoms with Gasteiger partial charge in [-0.25, -0.2) is 0 Å². The molecule has 0 aromatic heterocycles. The topological polar surface area (TPSA) is 63.2 Å². The van der Waals surface area contributed by atoms with Crippen molar-refractivity contribution in [2.75, 3.05) is 40.4 Å². The monoisotopic (exact) mass is 453 g/mol. The Morgan fingerprint density at radius 2 is 2.00 bits per heavy atom. The molecule has 1 heterocycles. The van der Waals surface area contributed by atoms with Crippen molar-refractivity contribution < 1.29 is 14.3 Å². The number of carbonyl (C=O) groups is 1. The number of nitrogens with one attached hydrogen (secondary N) is 1. The number of esters is 1. The predicted molar refractivity (Wildman–Crippen MR) is 106 cm³/mol. The van der Waals surface area contributed by atoms with Crippen molar-refractivity contribution in [2.45, 2.75) is 45.1 Å². The molecule has 0 amide bonds. The zero-order chi connectivity index (χ0) is 16.7. The summed E-state index contributed by atoms with van der Waals surface area (Å²) in [5.74, 6) is 0.959. The number of aliphatic imine (C=N–C) groups is 1. The lowest BCUT2D eigenvalue weighted by Crippen LogP contribution is -2.41. The fourth-order valence-electron chi connectivity index (χ4n) is 3.51. The van der Waals surface area contributed by atoms with Gasteiger partial charge in [0.1, 0.15) is 0 Å². The second-order valence-corrected chi connectivity index (χ2v) is 6.62. The molecule has 0 aromatic carbocycles. The average Bonchev–Trinajstić information content (AvgIpc) is 3.20. The number of halogens is 1. The van der Waals surface area contributed by atoms with Gasteiger partial charge in [0, 0.05) is 33.3 Å². The number of rotatable bonds is 6. The van der Waals surface area contributed by atoms with E-state index < -0.39 is 0 Å². The van der Waals surface area contributed by atoms with Crippen molar-refractivity contribution in [1.82, 2.24) is 10.2 Å². The molecule has 1 saturated heterocycles. The first-order valence-electron chi connectivity index (χ1n) is 8.80. The Balaban J connectivity index is 0.00000288. The van der Waals surface area contributed by atoms with Crippen molar-refractivity contribution in [3.8, 4) is 0 Å². The molecule has 24 heavy (non-hydrogen) atoms. The van der Waals surface area contributed by atoms with Gasteiger partial charge < -0.3 is 19.7 Å². The Morgan fingerprint density at radius 3 is 2.62 bits per heavy atom. The lowest BCUT2D eigenvalue weighted by molar-refractivity contribution is -0.145. The first kappa shape index (κ1) is 21.5. The first-order valence-corrected chi connectivity index (χ1v) is 8.80. The summed E-state index contributed by atoms with van der Waals surface area (Å²) < 4.78 is 10.8. The van der Waals surface area contributed by atoms with Crippen LogP contribution in [0.5, 0.6) is 0 Å². The second kappa shape index (κ2) is 11.1. The van der Waals surface area contributed by atoms with Crippen LogP contribution in [-0.2, 0) is 14.3 Å². The van der Waals surface area contributed by atoms with Gasteiger partial charge in [0.05, 0.1) is 19.1 Å². The molecule has 1 aliphatic carbocycles.